The zero-order valence-electron chi connectivity index (χ0n) is 8.79. The second-order valence-electron chi connectivity index (χ2n) is 4.17. The van der Waals surface area contributed by atoms with Gasteiger partial charge in [0.05, 0.1) is 6.10 Å². The summed E-state index contributed by atoms with van der Waals surface area (Å²) in [5, 5.41) is 12.6. The normalized spacial score (nSPS) is 19.4. The first kappa shape index (κ1) is 11.0. The van der Waals surface area contributed by atoms with Crippen molar-refractivity contribution in [1.82, 2.24) is 10.2 Å². The molecule has 2 N–H and O–H groups in total. The van der Waals surface area contributed by atoms with Gasteiger partial charge in [0, 0.05) is 25.7 Å². The molecule has 1 unspecified atom stereocenters. The minimum Gasteiger partial charge on any atom is -0.393 e. The Labute approximate surface area is 81.1 Å². The van der Waals surface area contributed by atoms with E-state index < -0.39 is 0 Å². The van der Waals surface area contributed by atoms with Crippen molar-refractivity contribution in [2.75, 3.05) is 26.7 Å². The molecular weight excluding hydrogens is 164 g/mol. The first-order chi connectivity index (χ1) is 6.18. The molecule has 1 fully saturated rings. The fourth-order valence-corrected chi connectivity index (χ4v) is 1.27. The molecule has 1 atom stereocenters. The van der Waals surface area contributed by atoms with Gasteiger partial charge < -0.3 is 15.3 Å². The van der Waals surface area contributed by atoms with E-state index in [9.17, 15) is 0 Å². The molecule has 1 aliphatic carbocycles. The fraction of sp³-hybridized carbons (Fsp3) is 1.00. The van der Waals surface area contributed by atoms with Crippen LogP contribution in [0, 0.1) is 0 Å². The highest BCUT2D eigenvalue weighted by molar-refractivity contribution is 4.80. The van der Waals surface area contributed by atoms with Crippen molar-refractivity contribution in [2.24, 2.45) is 0 Å². The monoisotopic (exact) mass is 186 g/mol. The van der Waals surface area contributed by atoms with Gasteiger partial charge in [-0.3, -0.25) is 0 Å². The van der Waals surface area contributed by atoms with Crippen molar-refractivity contribution in [3.63, 3.8) is 0 Å². The molecule has 0 aromatic carbocycles. The van der Waals surface area contributed by atoms with Gasteiger partial charge in [0.2, 0.25) is 0 Å². The third-order valence-corrected chi connectivity index (χ3v) is 2.43. The zero-order chi connectivity index (χ0) is 9.68. The summed E-state index contributed by atoms with van der Waals surface area (Å²) in [6, 6.07) is 0.810. The molecule has 0 spiro atoms. The van der Waals surface area contributed by atoms with Gasteiger partial charge in [-0.15, -0.1) is 0 Å². The molecule has 0 saturated heterocycles. The van der Waals surface area contributed by atoms with Crippen molar-refractivity contribution < 1.29 is 5.11 Å². The summed E-state index contributed by atoms with van der Waals surface area (Å²) in [6.45, 7) is 5.00. The SMILES string of the molecule is CC(O)CCN(C)CCNC1CC1. The molecule has 3 heteroatoms. The number of aliphatic hydroxyl groups excluding tert-OH is 1. The Morgan fingerprint density at radius 3 is 2.69 bits per heavy atom. The topological polar surface area (TPSA) is 35.5 Å². The predicted octanol–water partition coefficient (Wildman–Crippen LogP) is 0.441. The van der Waals surface area contributed by atoms with E-state index in [1.54, 1.807) is 0 Å². The third-order valence-electron chi connectivity index (χ3n) is 2.43. The van der Waals surface area contributed by atoms with Gasteiger partial charge >= 0.3 is 0 Å². The van der Waals surface area contributed by atoms with E-state index in [4.69, 9.17) is 5.11 Å². The molecule has 0 aromatic rings. The molecule has 1 rings (SSSR count). The Bertz CT molecular complexity index is 135. The predicted molar refractivity (Wildman–Crippen MR) is 54.8 cm³/mol. The maximum atomic E-state index is 9.08. The Morgan fingerprint density at radius 1 is 1.46 bits per heavy atom. The minimum atomic E-state index is -0.168. The molecule has 1 aliphatic rings. The van der Waals surface area contributed by atoms with E-state index in [1.165, 1.54) is 12.8 Å². The smallest absolute Gasteiger partial charge is 0.0524 e. The van der Waals surface area contributed by atoms with E-state index in [2.05, 4.69) is 17.3 Å². The number of nitrogens with zero attached hydrogens (tertiary/aromatic N) is 1. The summed E-state index contributed by atoms with van der Waals surface area (Å²) < 4.78 is 0. The van der Waals surface area contributed by atoms with E-state index >= 15 is 0 Å². The van der Waals surface area contributed by atoms with Gasteiger partial charge in [0.15, 0.2) is 0 Å². The van der Waals surface area contributed by atoms with Crippen LogP contribution in [-0.4, -0.2) is 48.8 Å². The molecule has 0 bridgehead atoms. The Hall–Kier alpha value is -0.120. The molecule has 0 heterocycles. The van der Waals surface area contributed by atoms with Gasteiger partial charge in [-0.25, -0.2) is 0 Å². The van der Waals surface area contributed by atoms with E-state index in [1.807, 2.05) is 6.92 Å². The van der Waals surface area contributed by atoms with Crippen LogP contribution in [0.2, 0.25) is 0 Å². The highest BCUT2D eigenvalue weighted by Gasteiger charge is 2.19. The maximum Gasteiger partial charge on any atom is 0.0524 e. The average molecular weight is 186 g/mol. The third kappa shape index (κ3) is 6.02. The lowest BCUT2D eigenvalue weighted by Crippen LogP contribution is -2.31. The molecule has 0 aliphatic heterocycles. The quantitative estimate of drug-likeness (QED) is 0.605. The number of hydrogen-bond donors (Lipinski definition) is 2. The zero-order valence-corrected chi connectivity index (χ0v) is 8.79. The van der Waals surface area contributed by atoms with Gasteiger partial charge in [0.1, 0.15) is 0 Å². The van der Waals surface area contributed by atoms with Crippen molar-refractivity contribution in [2.45, 2.75) is 38.3 Å². The number of rotatable bonds is 7. The molecular formula is C10H22N2O. The van der Waals surface area contributed by atoms with E-state index in [0.29, 0.717) is 0 Å². The fourth-order valence-electron chi connectivity index (χ4n) is 1.27. The molecule has 0 radical (unpaired) electrons. The average Bonchev–Trinajstić information content (AvgIpc) is 2.84. The molecule has 13 heavy (non-hydrogen) atoms. The lowest BCUT2D eigenvalue weighted by atomic mass is 10.3. The van der Waals surface area contributed by atoms with Crippen LogP contribution in [-0.2, 0) is 0 Å². The van der Waals surface area contributed by atoms with Crippen LogP contribution >= 0.6 is 0 Å². The van der Waals surface area contributed by atoms with Gasteiger partial charge in [-0.2, -0.15) is 0 Å². The molecule has 0 aromatic heterocycles. The van der Waals surface area contributed by atoms with Crippen LogP contribution in [0.15, 0.2) is 0 Å². The van der Waals surface area contributed by atoms with Crippen LogP contribution in [0.3, 0.4) is 0 Å². The van der Waals surface area contributed by atoms with E-state index in [-0.39, 0.29) is 6.10 Å². The number of hydrogen-bond acceptors (Lipinski definition) is 3. The lowest BCUT2D eigenvalue weighted by Gasteiger charge is -2.17. The second kappa shape index (κ2) is 5.58. The maximum absolute atomic E-state index is 9.08. The Balaban J connectivity index is 1.87. The number of aliphatic hydroxyl groups is 1. The van der Waals surface area contributed by atoms with Crippen molar-refractivity contribution in [3.05, 3.63) is 0 Å². The first-order valence-electron chi connectivity index (χ1n) is 5.28. The highest BCUT2D eigenvalue weighted by Crippen LogP contribution is 2.17. The van der Waals surface area contributed by atoms with Crippen molar-refractivity contribution in [1.29, 1.82) is 0 Å². The second-order valence-corrected chi connectivity index (χ2v) is 4.17. The van der Waals surface area contributed by atoms with E-state index in [0.717, 1.165) is 32.1 Å². The summed E-state index contributed by atoms with van der Waals surface area (Å²) in [5.41, 5.74) is 0. The summed E-state index contributed by atoms with van der Waals surface area (Å²) in [7, 11) is 2.11. The standard InChI is InChI=1S/C10H22N2O/c1-9(13)5-7-12(2)8-6-11-10-3-4-10/h9-11,13H,3-8H2,1-2H3. The largest absolute Gasteiger partial charge is 0.393 e. The molecule has 1 saturated carbocycles. The highest BCUT2D eigenvalue weighted by atomic mass is 16.3. The van der Waals surface area contributed by atoms with Crippen LogP contribution in [0.4, 0.5) is 0 Å². The van der Waals surface area contributed by atoms with Gasteiger partial charge in [-0.1, -0.05) is 0 Å². The lowest BCUT2D eigenvalue weighted by molar-refractivity contribution is 0.164. The Morgan fingerprint density at radius 2 is 2.15 bits per heavy atom. The summed E-state index contributed by atoms with van der Waals surface area (Å²) in [4.78, 5) is 2.27. The number of nitrogens with one attached hydrogen (secondary N) is 1. The van der Waals surface area contributed by atoms with Crippen LogP contribution in [0.1, 0.15) is 26.2 Å². The van der Waals surface area contributed by atoms with Gasteiger partial charge in [0.25, 0.3) is 0 Å². The summed E-state index contributed by atoms with van der Waals surface area (Å²) in [5.74, 6) is 0. The van der Waals surface area contributed by atoms with Crippen molar-refractivity contribution >= 4 is 0 Å². The first-order valence-corrected chi connectivity index (χ1v) is 5.28. The molecule has 0 amide bonds. The molecule has 78 valence electrons. The summed E-state index contributed by atoms with van der Waals surface area (Å²) >= 11 is 0. The number of likely N-dealkylation sites (N-methyl/N-ethyl adjacent to an activating group) is 1. The van der Waals surface area contributed by atoms with Crippen LogP contribution in [0.25, 0.3) is 0 Å². The van der Waals surface area contributed by atoms with Crippen LogP contribution < -0.4 is 5.32 Å². The van der Waals surface area contributed by atoms with Crippen molar-refractivity contribution in [3.8, 4) is 0 Å². The van der Waals surface area contributed by atoms with Crippen LogP contribution in [0.5, 0.6) is 0 Å². The summed E-state index contributed by atoms with van der Waals surface area (Å²) in [6.07, 6.45) is 3.42. The van der Waals surface area contributed by atoms with Gasteiger partial charge in [-0.05, 0) is 33.2 Å². The Kier molecular flexibility index (Phi) is 4.70. The minimum absolute atomic E-state index is 0.168. The molecule has 3 nitrogen and oxygen atoms in total.